The van der Waals surface area contributed by atoms with Crippen molar-refractivity contribution in [3.63, 3.8) is 0 Å². The van der Waals surface area contributed by atoms with Crippen molar-refractivity contribution in [3.05, 3.63) is 24.3 Å². The van der Waals surface area contributed by atoms with Crippen LogP contribution in [0.4, 0.5) is 24.5 Å². The Labute approximate surface area is 178 Å². The van der Waals surface area contributed by atoms with Gasteiger partial charge in [0.25, 0.3) is 0 Å². The molecule has 0 aliphatic carbocycles. The van der Waals surface area contributed by atoms with E-state index in [1.807, 2.05) is 0 Å². The number of amides is 2. The first-order valence-corrected chi connectivity index (χ1v) is 10.2. The van der Waals surface area contributed by atoms with E-state index >= 15 is 0 Å². The molecule has 11 heteroatoms. The number of fused-ring (bicyclic) bond motifs is 1. The number of para-hydroxylation sites is 2. The number of ether oxygens (including phenoxy) is 1. The molecular formula is C20H27F3N4O4. The van der Waals surface area contributed by atoms with Crippen LogP contribution in [-0.2, 0) is 14.3 Å². The number of carbonyl (C=O) groups is 2. The van der Waals surface area contributed by atoms with Gasteiger partial charge < -0.3 is 15.2 Å². The van der Waals surface area contributed by atoms with Crippen LogP contribution in [0.25, 0.3) is 0 Å². The fourth-order valence-electron chi connectivity index (χ4n) is 3.78. The molecule has 8 nitrogen and oxygen atoms in total. The van der Waals surface area contributed by atoms with Crippen LogP contribution in [0.3, 0.4) is 0 Å². The molecule has 0 saturated carbocycles. The fourth-order valence-corrected chi connectivity index (χ4v) is 3.78. The van der Waals surface area contributed by atoms with E-state index in [1.54, 1.807) is 11.0 Å². The number of hydrogen-bond donors (Lipinski definition) is 2. The SMILES string of the molecule is O=C1C[C@@H](C(F)(F)F)N(C(=O)CN(CCO)CCN2CCOCC2)c2ccccc2N1. The van der Waals surface area contributed by atoms with Gasteiger partial charge in [-0.2, -0.15) is 13.2 Å². The van der Waals surface area contributed by atoms with Gasteiger partial charge in [0.1, 0.15) is 6.04 Å². The summed E-state index contributed by atoms with van der Waals surface area (Å²) in [6.07, 6.45) is -5.66. The Bertz CT molecular complexity index is 771. The zero-order valence-corrected chi connectivity index (χ0v) is 17.1. The predicted octanol–water partition coefficient (Wildman–Crippen LogP) is 0.919. The van der Waals surface area contributed by atoms with E-state index in [1.165, 1.54) is 18.2 Å². The Morgan fingerprint density at radius 2 is 1.94 bits per heavy atom. The number of alkyl halides is 3. The third kappa shape index (κ3) is 6.16. The lowest BCUT2D eigenvalue weighted by Gasteiger charge is -2.34. The summed E-state index contributed by atoms with van der Waals surface area (Å²) >= 11 is 0. The van der Waals surface area contributed by atoms with Gasteiger partial charge in [-0.15, -0.1) is 0 Å². The molecule has 1 aromatic carbocycles. The van der Waals surface area contributed by atoms with Gasteiger partial charge in [0.2, 0.25) is 11.8 Å². The first kappa shape index (κ1) is 23.5. The van der Waals surface area contributed by atoms with Crippen molar-refractivity contribution in [3.8, 4) is 0 Å². The Balaban J connectivity index is 1.80. The number of benzene rings is 1. The van der Waals surface area contributed by atoms with Crippen LogP contribution < -0.4 is 10.2 Å². The molecular weight excluding hydrogens is 417 g/mol. The Kier molecular flexibility index (Phi) is 7.87. The first-order valence-electron chi connectivity index (χ1n) is 10.2. The summed E-state index contributed by atoms with van der Waals surface area (Å²) in [5.41, 5.74) is 0.174. The molecule has 0 spiro atoms. The normalized spacial score (nSPS) is 20.4. The van der Waals surface area contributed by atoms with Gasteiger partial charge in [-0.1, -0.05) is 12.1 Å². The summed E-state index contributed by atoms with van der Waals surface area (Å²) < 4.78 is 46.8. The van der Waals surface area contributed by atoms with E-state index in [0.717, 1.165) is 13.1 Å². The maximum atomic E-state index is 13.8. The summed E-state index contributed by atoms with van der Waals surface area (Å²) in [4.78, 5) is 29.7. The lowest BCUT2D eigenvalue weighted by Crippen LogP contribution is -2.53. The van der Waals surface area contributed by atoms with E-state index in [4.69, 9.17) is 4.74 Å². The average molecular weight is 444 g/mol. The predicted molar refractivity (Wildman–Crippen MR) is 108 cm³/mol. The molecule has 1 fully saturated rings. The van der Waals surface area contributed by atoms with Crippen molar-refractivity contribution < 1.29 is 32.6 Å². The van der Waals surface area contributed by atoms with Crippen molar-refractivity contribution in [1.29, 1.82) is 0 Å². The smallest absolute Gasteiger partial charge is 0.395 e. The highest BCUT2D eigenvalue weighted by atomic mass is 19.4. The van der Waals surface area contributed by atoms with Gasteiger partial charge in [0.05, 0.1) is 44.2 Å². The van der Waals surface area contributed by atoms with Crippen molar-refractivity contribution in [2.24, 2.45) is 0 Å². The first-order chi connectivity index (χ1) is 14.8. The lowest BCUT2D eigenvalue weighted by molar-refractivity contribution is -0.158. The van der Waals surface area contributed by atoms with Crippen LogP contribution >= 0.6 is 0 Å². The number of hydrogen-bond acceptors (Lipinski definition) is 6. The molecule has 1 aromatic rings. The highest BCUT2D eigenvalue weighted by molar-refractivity contribution is 6.05. The fraction of sp³-hybridized carbons (Fsp3) is 0.600. The lowest BCUT2D eigenvalue weighted by atomic mass is 10.1. The molecule has 172 valence electrons. The summed E-state index contributed by atoms with van der Waals surface area (Å²) in [6.45, 7) is 3.34. The number of carbonyl (C=O) groups excluding carboxylic acids is 2. The van der Waals surface area contributed by atoms with Crippen LogP contribution in [0.15, 0.2) is 24.3 Å². The van der Waals surface area contributed by atoms with Gasteiger partial charge in [-0.05, 0) is 12.1 Å². The summed E-state index contributed by atoms with van der Waals surface area (Å²) in [5, 5.41) is 11.8. The van der Waals surface area contributed by atoms with Crippen molar-refractivity contribution in [1.82, 2.24) is 9.80 Å². The van der Waals surface area contributed by atoms with Crippen LogP contribution in [0.2, 0.25) is 0 Å². The number of nitrogens with zero attached hydrogens (tertiary/aromatic N) is 3. The number of aliphatic hydroxyl groups is 1. The van der Waals surface area contributed by atoms with Crippen molar-refractivity contribution in [2.45, 2.75) is 18.6 Å². The third-order valence-electron chi connectivity index (χ3n) is 5.39. The molecule has 2 N–H and O–H groups in total. The molecule has 1 saturated heterocycles. The van der Waals surface area contributed by atoms with Gasteiger partial charge in [-0.3, -0.25) is 24.3 Å². The second-order valence-corrected chi connectivity index (χ2v) is 7.54. The number of morpholine rings is 1. The van der Waals surface area contributed by atoms with Crippen LogP contribution in [0.5, 0.6) is 0 Å². The van der Waals surface area contributed by atoms with E-state index in [0.29, 0.717) is 31.2 Å². The summed E-state index contributed by atoms with van der Waals surface area (Å²) in [6, 6.07) is 3.70. The van der Waals surface area contributed by atoms with Gasteiger partial charge >= 0.3 is 6.18 Å². The quantitative estimate of drug-likeness (QED) is 0.651. The minimum absolute atomic E-state index is 0.0119. The zero-order chi connectivity index (χ0) is 22.4. The number of nitrogens with one attached hydrogen (secondary N) is 1. The van der Waals surface area contributed by atoms with Gasteiger partial charge in [0, 0.05) is 32.7 Å². The van der Waals surface area contributed by atoms with E-state index in [9.17, 15) is 27.9 Å². The zero-order valence-electron chi connectivity index (χ0n) is 17.1. The average Bonchev–Trinajstić information content (AvgIpc) is 2.88. The maximum absolute atomic E-state index is 13.8. The molecule has 31 heavy (non-hydrogen) atoms. The largest absolute Gasteiger partial charge is 0.409 e. The highest BCUT2D eigenvalue weighted by Crippen LogP contribution is 2.37. The molecule has 0 radical (unpaired) electrons. The Hall–Kier alpha value is -2.21. The molecule has 0 aromatic heterocycles. The van der Waals surface area contributed by atoms with Gasteiger partial charge in [-0.25, -0.2) is 0 Å². The maximum Gasteiger partial charge on any atom is 0.409 e. The molecule has 2 aliphatic heterocycles. The summed E-state index contributed by atoms with van der Waals surface area (Å²) in [5.74, 6) is -1.58. The van der Waals surface area contributed by atoms with Crippen molar-refractivity contribution in [2.75, 3.05) is 69.3 Å². The Morgan fingerprint density at radius 3 is 2.61 bits per heavy atom. The molecule has 0 bridgehead atoms. The second-order valence-electron chi connectivity index (χ2n) is 7.54. The van der Waals surface area contributed by atoms with E-state index in [-0.39, 0.29) is 31.1 Å². The molecule has 0 unspecified atom stereocenters. The van der Waals surface area contributed by atoms with Crippen LogP contribution in [-0.4, -0.2) is 98.0 Å². The molecule has 2 aliphatic rings. The molecule has 1 atom stereocenters. The number of aliphatic hydroxyl groups excluding tert-OH is 1. The number of rotatable bonds is 7. The standard InChI is InChI=1S/C20H27F3N4O4/c21-20(22,23)17-13-18(29)24-15-3-1-2-4-16(15)27(17)19(30)14-26(7-10-28)6-5-25-8-11-31-12-9-25/h1-4,17,28H,5-14H2,(H,24,29)/t17-/m0/s1. The van der Waals surface area contributed by atoms with Crippen LogP contribution in [0.1, 0.15) is 6.42 Å². The highest BCUT2D eigenvalue weighted by Gasteiger charge is 2.49. The monoisotopic (exact) mass is 444 g/mol. The molecule has 2 heterocycles. The van der Waals surface area contributed by atoms with E-state index < -0.39 is 30.5 Å². The third-order valence-corrected chi connectivity index (χ3v) is 5.39. The molecule has 2 amide bonds. The minimum Gasteiger partial charge on any atom is -0.395 e. The summed E-state index contributed by atoms with van der Waals surface area (Å²) in [7, 11) is 0. The van der Waals surface area contributed by atoms with E-state index in [2.05, 4.69) is 10.2 Å². The second kappa shape index (κ2) is 10.4. The number of halogens is 3. The van der Waals surface area contributed by atoms with Crippen LogP contribution in [0, 0.1) is 0 Å². The van der Waals surface area contributed by atoms with Gasteiger partial charge in [0.15, 0.2) is 0 Å². The van der Waals surface area contributed by atoms with Crippen molar-refractivity contribution >= 4 is 23.2 Å². The topological polar surface area (TPSA) is 85.4 Å². The minimum atomic E-state index is -4.78. The Morgan fingerprint density at radius 1 is 1.23 bits per heavy atom. The number of anilines is 2. The molecule has 3 rings (SSSR count).